The first-order valence-corrected chi connectivity index (χ1v) is 7.01. The van der Waals surface area contributed by atoms with Crippen LogP contribution >= 0.6 is 0 Å². The van der Waals surface area contributed by atoms with Crippen LogP contribution in [0.3, 0.4) is 0 Å². The van der Waals surface area contributed by atoms with Crippen molar-refractivity contribution in [2.24, 2.45) is 11.7 Å². The molecule has 1 atom stereocenters. The molecule has 0 aliphatic heterocycles. The molecule has 0 aliphatic rings. The Labute approximate surface area is 96.8 Å². The zero-order chi connectivity index (χ0) is 11.5. The van der Waals surface area contributed by atoms with Crippen molar-refractivity contribution in [1.82, 2.24) is 0 Å². The van der Waals surface area contributed by atoms with E-state index in [0.717, 1.165) is 5.92 Å². The second kappa shape index (κ2) is 10.5. The van der Waals surface area contributed by atoms with E-state index in [1.165, 1.54) is 57.8 Å². The predicted molar refractivity (Wildman–Crippen MR) is 70.0 cm³/mol. The Morgan fingerprint density at radius 3 is 1.80 bits per heavy atom. The van der Waals surface area contributed by atoms with Gasteiger partial charge in [0.25, 0.3) is 0 Å². The molecule has 0 radical (unpaired) electrons. The van der Waals surface area contributed by atoms with E-state index in [2.05, 4.69) is 20.8 Å². The Hall–Kier alpha value is -0.0400. The van der Waals surface area contributed by atoms with Crippen LogP contribution in [0.15, 0.2) is 0 Å². The fraction of sp³-hybridized carbons (Fsp3) is 1.00. The molecule has 0 amide bonds. The van der Waals surface area contributed by atoms with E-state index in [9.17, 15) is 0 Å². The highest BCUT2D eigenvalue weighted by Gasteiger charge is 2.15. The monoisotopic (exact) mass is 213 g/mol. The predicted octanol–water partition coefficient (Wildman–Crippen LogP) is 4.50. The molecule has 0 saturated heterocycles. The van der Waals surface area contributed by atoms with Crippen LogP contribution in [0.1, 0.15) is 78.6 Å². The number of unbranched alkanes of at least 4 members (excludes halogenated alkanes) is 3. The van der Waals surface area contributed by atoms with Gasteiger partial charge in [0.15, 0.2) is 0 Å². The Kier molecular flexibility index (Phi) is 10.4. The molecular weight excluding hydrogens is 182 g/mol. The van der Waals surface area contributed by atoms with Crippen molar-refractivity contribution in [3.05, 3.63) is 0 Å². The maximum absolute atomic E-state index is 6.27. The molecule has 1 unspecified atom stereocenters. The normalized spacial score (nSPS) is 13.4. The van der Waals surface area contributed by atoms with Crippen molar-refractivity contribution in [3.63, 3.8) is 0 Å². The van der Waals surface area contributed by atoms with E-state index in [1.54, 1.807) is 0 Å². The van der Waals surface area contributed by atoms with Gasteiger partial charge in [0.2, 0.25) is 0 Å². The van der Waals surface area contributed by atoms with Crippen LogP contribution in [0.25, 0.3) is 0 Å². The Morgan fingerprint density at radius 1 is 0.733 bits per heavy atom. The SMILES string of the molecule is CCCCCCC(N)C(CCC)CCC. The summed E-state index contributed by atoms with van der Waals surface area (Å²) in [6, 6.07) is 0.460. The van der Waals surface area contributed by atoms with Gasteiger partial charge in [-0.15, -0.1) is 0 Å². The van der Waals surface area contributed by atoms with Crippen LogP contribution in [0.4, 0.5) is 0 Å². The van der Waals surface area contributed by atoms with Crippen LogP contribution in [0, 0.1) is 5.92 Å². The number of nitrogens with two attached hydrogens (primary N) is 1. The van der Waals surface area contributed by atoms with Gasteiger partial charge in [-0.3, -0.25) is 0 Å². The fourth-order valence-electron chi connectivity index (χ4n) is 2.36. The van der Waals surface area contributed by atoms with E-state index in [0.29, 0.717) is 6.04 Å². The average Bonchev–Trinajstić information content (AvgIpc) is 2.24. The second-order valence-electron chi connectivity index (χ2n) is 4.85. The third kappa shape index (κ3) is 7.84. The molecule has 1 nitrogen and oxygen atoms in total. The Bertz CT molecular complexity index is 117. The maximum atomic E-state index is 6.27. The lowest BCUT2D eigenvalue weighted by atomic mass is 9.88. The van der Waals surface area contributed by atoms with Crippen LogP contribution < -0.4 is 5.73 Å². The molecule has 2 N–H and O–H groups in total. The molecule has 0 spiro atoms. The lowest BCUT2D eigenvalue weighted by Gasteiger charge is -2.23. The van der Waals surface area contributed by atoms with E-state index in [1.807, 2.05) is 0 Å². The van der Waals surface area contributed by atoms with Gasteiger partial charge in [0, 0.05) is 6.04 Å². The summed E-state index contributed by atoms with van der Waals surface area (Å²) in [5.41, 5.74) is 6.27. The summed E-state index contributed by atoms with van der Waals surface area (Å²) in [4.78, 5) is 0. The molecular formula is C14H31N. The van der Waals surface area contributed by atoms with Gasteiger partial charge in [0.05, 0.1) is 0 Å². The summed E-state index contributed by atoms with van der Waals surface area (Å²) in [5, 5.41) is 0. The standard InChI is InChI=1S/C14H31N/c1-4-7-8-9-12-14(15)13(10-5-2)11-6-3/h13-14H,4-12,15H2,1-3H3. The average molecular weight is 213 g/mol. The Morgan fingerprint density at radius 2 is 1.33 bits per heavy atom. The van der Waals surface area contributed by atoms with E-state index in [-0.39, 0.29) is 0 Å². The quantitative estimate of drug-likeness (QED) is 0.531. The highest BCUT2D eigenvalue weighted by molar-refractivity contribution is 4.72. The lowest BCUT2D eigenvalue weighted by molar-refractivity contribution is 0.339. The topological polar surface area (TPSA) is 26.0 Å². The first-order chi connectivity index (χ1) is 7.26. The fourth-order valence-corrected chi connectivity index (χ4v) is 2.36. The minimum absolute atomic E-state index is 0.460. The van der Waals surface area contributed by atoms with Crippen molar-refractivity contribution >= 4 is 0 Å². The van der Waals surface area contributed by atoms with E-state index in [4.69, 9.17) is 5.73 Å². The summed E-state index contributed by atoms with van der Waals surface area (Å²) in [6.07, 6.45) is 11.9. The first-order valence-electron chi connectivity index (χ1n) is 7.01. The van der Waals surface area contributed by atoms with Crippen molar-refractivity contribution < 1.29 is 0 Å². The molecule has 92 valence electrons. The van der Waals surface area contributed by atoms with Gasteiger partial charge in [-0.1, -0.05) is 59.3 Å². The zero-order valence-corrected chi connectivity index (χ0v) is 11.1. The molecule has 0 aromatic rings. The molecule has 0 aromatic carbocycles. The van der Waals surface area contributed by atoms with Crippen molar-refractivity contribution in [3.8, 4) is 0 Å². The highest BCUT2D eigenvalue weighted by Crippen LogP contribution is 2.20. The van der Waals surface area contributed by atoms with Crippen LogP contribution in [-0.4, -0.2) is 6.04 Å². The summed E-state index contributed by atoms with van der Waals surface area (Å²) in [5.74, 6) is 0.779. The third-order valence-electron chi connectivity index (χ3n) is 3.32. The molecule has 0 fully saturated rings. The highest BCUT2D eigenvalue weighted by atomic mass is 14.6. The third-order valence-corrected chi connectivity index (χ3v) is 3.32. The van der Waals surface area contributed by atoms with Crippen molar-refractivity contribution in [2.75, 3.05) is 0 Å². The number of hydrogen-bond donors (Lipinski definition) is 1. The maximum Gasteiger partial charge on any atom is 0.00671 e. The Balaban J connectivity index is 3.65. The van der Waals surface area contributed by atoms with Gasteiger partial charge in [0.1, 0.15) is 0 Å². The summed E-state index contributed by atoms with van der Waals surface area (Å²) >= 11 is 0. The van der Waals surface area contributed by atoms with Gasteiger partial charge < -0.3 is 5.73 Å². The minimum atomic E-state index is 0.460. The molecule has 1 heteroatoms. The molecule has 0 bridgehead atoms. The van der Waals surface area contributed by atoms with E-state index >= 15 is 0 Å². The van der Waals surface area contributed by atoms with Crippen LogP contribution in [0.5, 0.6) is 0 Å². The number of rotatable bonds is 10. The summed E-state index contributed by atoms with van der Waals surface area (Å²) < 4.78 is 0. The van der Waals surface area contributed by atoms with Crippen LogP contribution in [0.2, 0.25) is 0 Å². The van der Waals surface area contributed by atoms with E-state index < -0.39 is 0 Å². The minimum Gasteiger partial charge on any atom is -0.327 e. The van der Waals surface area contributed by atoms with Gasteiger partial charge in [-0.25, -0.2) is 0 Å². The lowest BCUT2D eigenvalue weighted by Crippen LogP contribution is -2.30. The van der Waals surface area contributed by atoms with Crippen molar-refractivity contribution in [2.45, 2.75) is 84.6 Å². The molecule has 0 aliphatic carbocycles. The smallest absolute Gasteiger partial charge is 0.00671 e. The van der Waals surface area contributed by atoms with Gasteiger partial charge in [-0.2, -0.15) is 0 Å². The van der Waals surface area contributed by atoms with Crippen LogP contribution in [-0.2, 0) is 0 Å². The first kappa shape index (κ1) is 15.0. The molecule has 0 heterocycles. The number of hydrogen-bond acceptors (Lipinski definition) is 1. The molecule has 15 heavy (non-hydrogen) atoms. The zero-order valence-electron chi connectivity index (χ0n) is 11.1. The molecule has 0 rings (SSSR count). The summed E-state index contributed by atoms with van der Waals surface area (Å²) in [6.45, 7) is 6.80. The second-order valence-corrected chi connectivity index (χ2v) is 4.85. The summed E-state index contributed by atoms with van der Waals surface area (Å²) in [7, 11) is 0. The van der Waals surface area contributed by atoms with Gasteiger partial charge in [-0.05, 0) is 25.2 Å². The molecule has 0 saturated carbocycles. The largest absolute Gasteiger partial charge is 0.327 e. The van der Waals surface area contributed by atoms with Gasteiger partial charge >= 0.3 is 0 Å². The molecule has 0 aromatic heterocycles. The van der Waals surface area contributed by atoms with Crippen molar-refractivity contribution in [1.29, 1.82) is 0 Å².